The van der Waals surface area contributed by atoms with E-state index < -0.39 is 10.0 Å². The van der Waals surface area contributed by atoms with Gasteiger partial charge < -0.3 is 10.1 Å². The van der Waals surface area contributed by atoms with Crippen LogP contribution in [-0.2, 0) is 14.8 Å². The number of sulfonamides is 1. The topological polar surface area (TPSA) is 75.7 Å². The smallest absolute Gasteiger partial charge is 0.264 e. The Hall–Kier alpha value is -2.06. The van der Waals surface area contributed by atoms with Crippen LogP contribution in [0.3, 0.4) is 0 Å². The highest BCUT2D eigenvalue weighted by atomic mass is 79.9. The lowest BCUT2D eigenvalue weighted by Gasteiger charge is -2.25. The number of hydrogen-bond acceptors (Lipinski definition) is 4. The first-order valence-corrected chi connectivity index (χ1v) is 13.2. The molecule has 0 heterocycles. The molecular weight excluding hydrogens is 492 g/mol. The van der Waals surface area contributed by atoms with Gasteiger partial charge in [0.15, 0.2) is 0 Å². The van der Waals surface area contributed by atoms with E-state index in [0.29, 0.717) is 28.4 Å². The van der Waals surface area contributed by atoms with Crippen LogP contribution in [0.5, 0.6) is 5.75 Å². The SMILES string of the molecule is CCCCC(CC)CNC(=O)CN(c1ccc(C)cc1)S(=O)(=O)c1ccc(OC)c(Br)c1. The van der Waals surface area contributed by atoms with Gasteiger partial charge in [-0.2, -0.15) is 0 Å². The largest absolute Gasteiger partial charge is 0.496 e. The van der Waals surface area contributed by atoms with E-state index >= 15 is 0 Å². The first-order valence-electron chi connectivity index (χ1n) is 10.9. The highest BCUT2D eigenvalue weighted by Crippen LogP contribution is 2.30. The van der Waals surface area contributed by atoms with E-state index in [2.05, 4.69) is 35.1 Å². The Morgan fingerprint density at radius 3 is 2.41 bits per heavy atom. The Morgan fingerprint density at radius 1 is 1.16 bits per heavy atom. The second-order valence-electron chi connectivity index (χ2n) is 7.86. The van der Waals surface area contributed by atoms with Crippen molar-refractivity contribution in [2.45, 2.75) is 51.3 Å². The van der Waals surface area contributed by atoms with E-state index in [0.717, 1.165) is 35.6 Å². The average molecular weight is 526 g/mol. The number of nitrogens with zero attached hydrogens (tertiary/aromatic N) is 1. The van der Waals surface area contributed by atoms with Crippen molar-refractivity contribution in [2.75, 3.05) is 24.5 Å². The molecule has 1 N–H and O–H groups in total. The zero-order valence-corrected chi connectivity index (χ0v) is 21.6. The van der Waals surface area contributed by atoms with E-state index in [4.69, 9.17) is 4.74 Å². The number of anilines is 1. The molecule has 0 aliphatic rings. The summed E-state index contributed by atoms with van der Waals surface area (Å²) >= 11 is 3.35. The minimum Gasteiger partial charge on any atom is -0.496 e. The minimum atomic E-state index is -3.98. The molecule has 0 fully saturated rings. The molecule has 176 valence electrons. The zero-order valence-electron chi connectivity index (χ0n) is 19.2. The van der Waals surface area contributed by atoms with Crippen LogP contribution >= 0.6 is 15.9 Å². The van der Waals surface area contributed by atoms with Crippen LogP contribution in [0.1, 0.15) is 45.1 Å². The van der Waals surface area contributed by atoms with E-state index in [1.807, 2.05) is 19.1 Å². The molecule has 2 aromatic carbocycles. The number of halogens is 1. The van der Waals surface area contributed by atoms with Gasteiger partial charge in [0.05, 0.1) is 22.2 Å². The first-order chi connectivity index (χ1) is 15.2. The van der Waals surface area contributed by atoms with Crippen molar-refractivity contribution in [3.8, 4) is 5.75 Å². The summed E-state index contributed by atoms with van der Waals surface area (Å²) in [6.07, 6.45) is 4.25. The van der Waals surface area contributed by atoms with Gasteiger partial charge in [-0.1, -0.05) is 50.8 Å². The summed E-state index contributed by atoms with van der Waals surface area (Å²) in [5.41, 5.74) is 1.44. The third-order valence-electron chi connectivity index (χ3n) is 5.45. The van der Waals surface area contributed by atoms with Crippen molar-refractivity contribution < 1.29 is 17.9 Å². The van der Waals surface area contributed by atoms with Crippen molar-refractivity contribution in [3.05, 3.63) is 52.5 Å². The number of nitrogens with one attached hydrogen (secondary N) is 1. The Labute approximate surface area is 200 Å². The molecule has 0 saturated heterocycles. The second-order valence-corrected chi connectivity index (χ2v) is 10.6. The summed E-state index contributed by atoms with van der Waals surface area (Å²) in [5.74, 6) is 0.596. The number of carbonyl (C=O) groups is 1. The van der Waals surface area contributed by atoms with Crippen LogP contribution in [0, 0.1) is 12.8 Å². The van der Waals surface area contributed by atoms with E-state index in [9.17, 15) is 13.2 Å². The van der Waals surface area contributed by atoms with E-state index in [-0.39, 0.29) is 17.3 Å². The number of methoxy groups -OCH3 is 1. The highest BCUT2D eigenvalue weighted by molar-refractivity contribution is 9.10. The minimum absolute atomic E-state index is 0.0768. The molecule has 0 spiro atoms. The first kappa shape index (κ1) is 26.2. The maximum absolute atomic E-state index is 13.5. The van der Waals surface area contributed by atoms with Gasteiger partial charge in [-0.15, -0.1) is 0 Å². The van der Waals surface area contributed by atoms with Crippen molar-refractivity contribution in [2.24, 2.45) is 5.92 Å². The van der Waals surface area contributed by atoms with Crippen LogP contribution < -0.4 is 14.4 Å². The fraction of sp³-hybridized carbons (Fsp3) is 0.458. The molecular formula is C24H33BrN2O4S. The van der Waals surface area contributed by atoms with Gasteiger partial charge in [0, 0.05) is 6.54 Å². The zero-order chi connectivity index (χ0) is 23.7. The van der Waals surface area contributed by atoms with Crippen molar-refractivity contribution >= 4 is 37.5 Å². The monoisotopic (exact) mass is 524 g/mol. The molecule has 8 heteroatoms. The number of aryl methyl sites for hydroxylation is 1. The third-order valence-corrected chi connectivity index (χ3v) is 7.84. The summed E-state index contributed by atoms with van der Waals surface area (Å²) < 4.78 is 33.9. The number of hydrogen-bond donors (Lipinski definition) is 1. The fourth-order valence-corrected chi connectivity index (χ4v) is 5.49. The molecule has 32 heavy (non-hydrogen) atoms. The molecule has 6 nitrogen and oxygen atoms in total. The lowest BCUT2D eigenvalue weighted by atomic mass is 9.99. The second kappa shape index (κ2) is 12.3. The molecule has 2 aromatic rings. The third kappa shape index (κ3) is 6.97. The van der Waals surface area contributed by atoms with Crippen molar-refractivity contribution in [1.82, 2.24) is 5.32 Å². The van der Waals surface area contributed by atoms with Gasteiger partial charge in [0.2, 0.25) is 5.91 Å². The number of unbranched alkanes of at least 4 members (excludes halogenated alkanes) is 1. The Kier molecular flexibility index (Phi) is 10.0. The van der Waals surface area contributed by atoms with Gasteiger partial charge in [0.1, 0.15) is 12.3 Å². The number of amides is 1. The predicted octanol–water partition coefficient (Wildman–Crippen LogP) is 5.29. The summed E-state index contributed by atoms with van der Waals surface area (Å²) in [4.78, 5) is 12.9. The quantitative estimate of drug-likeness (QED) is 0.409. The lowest BCUT2D eigenvalue weighted by Crippen LogP contribution is -2.42. The van der Waals surface area contributed by atoms with Gasteiger partial charge in [0.25, 0.3) is 10.0 Å². The van der Waals surface area contributed by atoms with E-state index in [1.54, 1.807) is 18.2 Å². The van der Waals surface area contributed by atoms with Crippen LogP contribution in [0.25, 0.3) is 0 Å². The molecule has 2 rings (SSSR count). The molecule has 0 aliphatic heterocycles. The Bertz CT molecular complexity index is 994. The number of carbonyl (C=O) groups excluding carboxylic acids is 1. The maximum Gasteiger partial charge on any atom is 0.264 e. The molecule has 0 aromatic heterocycles. The number of benzene rings is 2. The van der Waals surface area contributed by atoms with Crippen LogP contribution in [0.15, 0.2) is 51.8 Å². The van der Waals surface area contributed by atoms with Crippen LogP contribution in [-0.4, -0.2) is 34.5 Å². The van der Waals surface area contributed by atoms with Crippen LogP contribution in [0.2, 0.25) is 0 Å². The molecule has 1 unspecified atom stereocenters. The summed E-state index contributed by atoms with van der Waals surface area (Å²) in [5, 5.41) is 2.93. The molecule has 0 bridgehead atoms. The van der Waals surface area contributed by atoms with Gasteiger partial charge >= 0.3 is 0 Å². The molecule has 0 aliphatic carbocycles. The van der Waals surface area contributed by atoms with Gasteiger partial charge in [-0.05, 0) is 65.5 Å². The molecule has 0 radical (unpaired) electrons. The molecule has 1 amide bonds. The van der Waals surface area contributed by atoms with Crippen LogP contribution in [0.4, 0.5) is 5.69 Å². The Balaban J connectivity index is 2.29. The average Bonchev–Trinajstić information content (AvgIpc) is 2.78. The molecule has 0 saturated carbocycles. The standard InChI is InChI=1S/C24H33BrN2O4S/c1-5-7-8-19(6-2)16-26-24(28)17-27(20-11-9-18(3)10-12-20)32(29,30)21-13-14-23(31-4)22(25)15-21/h9-15,19H,5-8,16-17H2,1-4H3,(H,26,28). The molecule has 1 atom stereocenters. The van der Waals surface area contributed by atoms with Crippen molar-refractivity contribution in [3.63, 3.8) is 0 Å². The predicted molar refractivity (Wildman–Crippen MR) is 133 cm³/mol. The van der Waals surface area contributed by atoms with E-state index in [1.165, 1.54) is 19.2 Å². The summed E-state index contributed by atoms with van der Waals surface area (Å²) in [7, 11) is -2.47. The van der Waals surface area contributed by atoms with Gasteiger partial charge in [-0.3, -0.25) is 9.10 Å². The summed E-state index contributed by atoms with van der Waals surface area (Å²) in [6.45, 7) is 6.44. The number of ether oxygens (including phenoxy) is 1. The fourth-order valence-electron chi connectivity index (χ4n) is 3.35. The van der Waals surface area contributed by atoms with Gasteiger partial charge in [-0.25, -0.2) is 8.42 Å². The Morgan fingerprint density at radius 2 is 1.84 bits per heavy atom. The highest BCUT2D eigenvalue weighted by Gasteiger charge is 2.28. The maximum atomic E-state index is 13.5. The normalized spacial score (nSPS) is 12.3. The lowest BCUT2D eigenvalue weighted by molar-refractivity contribution is -0.119. The van der Waals surface area contributed by atoms with Crippen molar-refractivity contribution in [1.29, 1.82) is 0 Å². The number of rotatable bonds is 12. The summed E-state index contributed by atoms with van der Waals surface area (Å²) in [6, 6.07) is 11.7.